The van der Waals surface area contributed by atoms with Crippen LogP contribution in [-0.4, -0.2) is 30.8 Å². The Kier molecular flexibility index (Phi) is 3.77. The molecule has 1 saturated heterocycles. The summed E-state index contributed by atoms with van der Waals surface area (Å²) in [6.45, 7) is 3.15. The average Bonchev–Trinajstić information content (AvgIpc) is 2.35. The number of alkyl halides is 3. The zero-order valence-electron chi connectivity index (χ0n) is 11.4. The van der Waals surface area contributed by atoms with Crippen LogP contribution in [0, 0.1) is 12.8 Å². The predicted molar refractivity (Wildman–Crippen MR) is 68.8 cm³/mol. The number of amides is 1. The molecule has 1 aliphatic heterocycles. The third-order valence-corrected chi connectivity index (χ3v) is 5.31. The van der Waals surface area contributed by atoms with Crippen molar-refractivity contribution in [2.24, 2.45) is 5.92 Å². The summed E-state index contributed by atoms with van der Waals surface area (Å²) < 4.78 is 63.5. The number of benzene rings is 1. The van der Waals surface area contributed by atoms with Crippen molar-refractivity contribution < 1.29 is 26.4 Å². The second-order valence-corrected chi connectivity index (χ2v) is 6.77. The molecular weight excluding hydrogens is 307 g/mol. The van der Waals surface area contributed by atoms with Crippen LogP contribution in [0.3, 0.4) is 0 Å². The summed E-state index contributed by atoms with van der Waals surface area (Å²) in [5.74, 6) is -2.33. The van der Waals surface area contributed by atoms with E-state index in [2.05, 4.69) is 0 Å². The molecule has 2 rings (SSSR count). The lowest BCUT2D eigenvalue weighted by atomic mass is 9.87. The van der Waals surface area contributed by atoms with E-state index in [1.165, 1.54) is 31.2 Å². The average molecular weight is 321 g/mol. The Balaban J connectivity index is 2.44. The van der Waals surface area contributed by atoms with Gasteiger partial charge in [0.1, 0.15) is 0 Å². The number of nitrogens with zero attached hydrogens (tertiary/aromatic N) is 1. The van der Waals surface area contributed by atoms with Gasteiger partial charge < -0.3 is 0 Å². The fourth-order valence-corrected chi connectivity index (χ4v) is 4.01. The lowest BCUT2D eigenvalue weighted by Crippen LogP contribution is -2.68. The molecule has 1 fully saturated rings. The highest BCUT2D eigenvalue weighted by atomic mass is 32.2. The number of rotatable bonds is 3. The summed E-state index contributed by atoms with van der Waals surface area (Å²) >= 11 is 0. The van der Waals surface area contributed by atoms with Crippen LogP contribution >= 0.6 is 0 Å². The molecule has 1 amide bonds. The Morgan fingerprint density at radius 2 is 1.71 bits per heavy atom. The number of halogens is 3. The van der Waals surface area contributed by atoms with Gasteiger partial charge >= 0.3 is 6.18 Å². The van der Waals surface area contributed by atoms with Crippen LogP contribution in [0.25, 0.3) is 0 Å². The van der Waals surface area contributed by atoms with Gasteiger partial charge in [0.2, 0.25) is 5.91 Å². The molecule has 21 heavy (non-hydrogen) atoms. The van der Waals surface area contributed by atoms with Gasteiger partial charge in [-0.1, -0.05) is 24.6 Å². The summed E-state index contributed by atoms with van der Waals surface area (Å²) in [6, 6.07) is 3.06. The van der Waals surface area contributed by atoms with Crippen LogP contribution in [0.4, 0.5) is 13.2 Å². The Bertz CT molecular complexity index is 652. The standard InChI is InChI=1S/C13H14F3NO3S/c1-3-10-11(13(14,15)16)17(12(10)18)21(19,20)9-6-4-8(2)5-7-9/h4-7,10-11H,3H2,1-2H3/t10-,11+/m1/s1. The highest BCUT2D eigenvalue weighted by molar-refractivity contribution is 7.89. The van der Waals surface area contributed by atoms with Gasteiger partial charge in [0.15, 0.2) is 6.04 Å². The highest BCUT2D eigenvalue weighted by Gasteiger charge is 2.64. The van der Waals surface area contributed by atoms with Gasteiger partial charge in [-0.05, 0) is 25.5 Å². The molecule has 116 valence electrons. The quantitative estimate of drug-likeness (QED) is 0.804. The van der Waals surface area contributed by atoms with E-state index in [1.54, 1.807) is 6.92 Å². The molecule has 0 aliphatic carbocycles. The summed E-state index contributed by atoms with van der Waals surface area (Å²) in [5.41, 5.74) is 0.766. The number of aryl methyl sites for hydroxylation is 1. The van der Waals surface area contributed by atoms with E-state index in [1.807, 2.05) is 0 Å². The largest absolute Gasteiger partial charge is 0.410 e. The molecule has 1 aliphatic rings. The van der Waals surface area contributed by atoms with Crippen LogP contribution in [-0.2, 0) is 14.8 Å². The predicted octanol–water partition coefficient (Wildman–Crippen LogP) is 2.48. The van der Waals surface area contributed by atoms with Crippen LogP contribution in [0.15, 0.2) is 29.2 Å². The van der Waals surface area contributed by atoms with Crippen LogP contribution in [0.5, 0.6) is 0 Å². The zero-order chi connectivity index (χ0) is 16.0. The SMILES string of the molecule is CC[C@H]1C(=O)N(S(=O)(=O)c2ccc(C)cc2)[C@@H]1C(F)(F)F. The molecule has 2 atom stereocenters. The van der Waals surface area contributed by atoms with Crippen LogP contribution in [0.1, 0.15) is 18.9 Å². The van der Waals surface area contributed by atoms with Gasteiger partial charge in [0.05, 0.1) is 10.8 Å². The molecule has 8 heteroatoms. The Morgan fingerprint density at radius 1 is 1.19 bits per heavy atom. The first-order chi connectivity index (χ1) is 9.60. The van der Waals surface area contributed by atoms with E-state index >= 15 is 0 Å². The third-order valence-electron chi connectivity index (χ3n) is 3.52. The summed E-state index contributed by atoms with van der Waals surface area (Å²) in [5, 5.41) is 0. The first-order valence-corrected chi connectivity index (χ1v) is 7.76. The van der Waals surface area contributed by atoms with Crippen molar-refractivity contribution in [3.8, 4) is 0 Å². The molecule has 0 N–H and O–H groups in total. The minimum absolute atomic E-state index is 0.0359. The molecule has 0 bridgehead atoms. The van der Waals surface area contributed by atoms with Crippen molar-refractivity contribution in [1.29, 1.82) is 0 Å². The molecule has 0 saturated carbocycles. The van der Waals surface area contributed by atoms with Gasteiger partial charge in [0, 0.05) is 0 Å². The fourth-order valence-electron chi connectivity index (χ4n) is 2.37. The first kappa shape index (κ1) is 15.8. The Labute approximate surface area is 120 Å². The van der Waals surface area contributed by atoms with Crippen molar-refractivity contribution in [2.45, 2.75) is 37.4 Å². The van der Waals surface area contributed by atoms with Gasteiger partial charge in [-0.3, -0.25) is 4.79 Å². The van der Waals surface area contributed by atoms with E-state index < -0.39 is 34.1 Å². The maximum Gasteiger partial charge on any atom is 0.410 e. The minimum atomic E-state index is -4.77. The van der Waals surface area contributed by atoms with Gasteiger partial charge in [-0.25, -0.2) is 12.7 Å². The fraction of sp³-hybridized carbons (Fsp3) is 0.462. The topological polar surface area (TPSA) is 54.5 Å². The number of carbonyl (C=O) groups excluding carboxylic acids is 1. The molecule has 4 nitrogen and oxygen atoms in total. The van der Waals surface area contributed by atoms with Crippen molar-refractivity contribution in [2.75, 3.05) is 0 Å². The third kappa shape index (κ3) is 2.52. The monoisotopic (exact) mass is 321 g/mol. The number of sulfonamides is 1. The molecule has 0 unspecified atom stereocenters. The van der Waals surface area contributed by atoms with Crippen LogP contribution < -0.4 is 0 Å². The van der Waals surface area contributed by atoms with Crippen LogP contribution in [0.2, 0.25) is 0 Å². The molecule has 1 heterocycles. The van der Waals surface area contributed by atoms with E-state index in [4.69, 9.17) is 0 Å². The summed E-state index contributed by atoms with van der Waals surface area (Å²) in [6.07, 6.45) is -4.82. The summed E-state index contributed by atoms with van der Waals surface area (Å²) in [4.78, 5) is 11.5. The van der Waals surface area contributed by atoms with Crippen molar-refractivity contribution in [1.82, 2.24) is 4.31 Å². The molecular formula is C13H14F3NO3S. The van der Waals surface area contributed by atoms with E-state index in [0.717, 1.165) is 5.56 Å². The number of β-lactam (4-membered cyclic amide) rings is 1. The first-order valence-electron chi connectivity index (χ1n) is 6.32. The molecule has 0 aromatic heterocycles. The van der Waals surface area contributed by atoms with Crippen molar-refractivity contribution in [3.05, 3.63) is 29.8 Å². The van der Waals surface area contributed by atoms with Gasteiger partial charge in [-0.15, -0.1) is 0 Å². The van der Waals surface area contributed by atoms with Gasteiger partial charge in [-0.2, -0.15) is 13.2 Å². The smallest absolute Gasteiger partial charge is 0.273 e. The number of hydrogen-bond donors (Lipinski definition) is 0. The zero-order valence-corrected chi connectivity index (χ0v) is 12.2. The lowest BCUT2D eigenvalue weighted by molar-refractivity contribution is -0.215. The molecule has 0 spiro atoms. The van der Waals surface area contributed by atoms with E-state index in [-0.39, 0.29) is 15.6 Å². The van der Waals surface area contributed by atoms with Crippen molar-refractivity contribution >= 4 is 15.9 Å². The normalized spacial score (nSPS) is 23.1. The lowest BCUT2D eigenvalue weighted by Gasteiger charge is -2.45. The highest BCUT2D eigenvalue weighted by Crippen LogP contribution is 2.43. The van der Waals surface area contributed by atoms with E-state index in [0.29, 0.717) is 0 Å². The maximum absolute atomic E-state index is 13.0. The summed E-state index contributed by atoms with van der Waals surface area (Å²) in [7, 11) is -4.48. The minimum Gasteiger partial charge on any atom is -0.273 e. The maximum atomic E-state index is 13.0. The van der Waals surface area contributed by atoms with E-state index in [9.17, 15) is 26.4 Å². The Hall–Kier alpha value is -1.57. The number of carbonyl (C=O) groups is 1. The van der Waals surface area contributed by atoms with Gasteiger partial charge in [0.25, 0.3) is 10.0 Å². The Morgan fingerprint density at radius 3 is 2.14 bits per heavy atom. The molecule has 1 aromatic carbocycles. The second kappa shape index (κ2) is 5.01. The van der Waals surface area contributed by atoms with Crippen molar-refractivity contribution in [3.63, 3.8) is 0 Å². The molecule has 1 aromatic rings. The number of hydrogen-bond acceptors (Lipinski definition) is 3. The second-order valence-electron chi connectivity index (χ2n) is 4.95. The molecule has 0 radical (unpaired) electrons.